The molecule has 2 aromatic rings. The van der Waals surface area contributed by atoms with Crippen molar-refractivity contribution in [3.05, 3.63) is 23.1 Å². The molecule has 0 aliphatic carbocycles. The van der Waals surface area contributed by atoms with E-state index in [1.807, 2.05) is 0 Å². The van der Waals surface area contributed by atoms with Crippen LogP contribution in [0.15, 0.2) is 18.2 Å². The number of benzene rings is 1. The minimum atomic E-state index is -0.467. The minimum Gasteiger partial charge on any atom is -0.496 e. The fraction of sp³-hybridized carbons (Fsp3) is 0.182. The highest BCUT2D eigenvalue weighted by Gasteiger charge is 2.14. The molecule has 0 amide bonds. The standard InChI is InChI=1S/C11H9ClO3S/c1-14-7-3-4-8(15-2)10-6(7)5-9(16-10)11(12)13/h3-5H,1-2H3. The quantitative estimate of drug-likeness (QED) is 0.791. The van der Waals surface area contributed by atoms with Gasteiger partial charge in [-0.3, -0.25) is 4.79 Å². The van der Waals surface area contributed by atoms with Gasteiger partial charge in [-0.25, -0.2) is 0 Å². The average molecular weight is 257 g/mol. The average Bonchev–Trinajstić information content (AvgIpc) is 2.72. The van der Waals surface area contributed by atoms with E-state index in [1.54, 1.807) is 32.4 Å². The van der Waals surface area contributed by atoms with Crippen LogP contribution in [0.3, 0.4) is 0 Å². The Morgan fingerprint density at radius 3 is 2.44 bits per heavy atom. The van der Waals surface area contributed by atoms with Crippen molar-refractivity contribution >= 4 is 38.3 Å². The highest BCUT2D eigenvalue weighted by Crippen LogP contribution is 2.39. The maximum atomic E-state index is 11.1. The molecule has 0 N–H and O–H groups in total. The van der Waals surface area contributed by atoms with Crippen LogP contribution in [-0.4, -0.2) is 19.5 Å². The number of methoxy groups -OCH3 is 2. The number of hydrogen-bond donors (Lipinski definition) is 0. The molecule has 84 valence electrons. The van der Waals surface area contributed by atoms with Gasteiger partial charge >= 0.3 is 0 Å². The van der Waals surface area contributed by atoms with Crippen molar-refractivity contribution in [1.82, 2.24) is 0 Å². The summed E-state index contributed by atoms with van der Waals surface area (Å²) in [5.74, 6) is 1.42. The van der Waals surface area contributed by atoms with Gasteiger partial charge in [0.1, 0.15) is 11.5 Å². The normalized spacial score (nSPS) is 10.4. The Morgan fingerprint density at radius 2 is 1.88 bits per heavy atom. The van der Waals surface area contributed by atoms with Crippen LogP contribution in [0, 0.1) is 0 Å². The number of carbonyl (C=O) groups excluding carboxylic acids is 1. The zero-order chi connectivity index (χ0) is 11.7. The summed E-state index contributed by atoms with van der Waals surface area (Å²) >= 11 is 6.76. The predicted molar refractivity (Wildman–Crippen MR) is 65.1 cm³/mol. The van der Waals surface area contributed by atoms with Crippen molar-refractivity contribution in [2.45, 2.75) is 0 Å². The molecule has 1 aromatic heterocycles. The van der Waals surface area contributed by atoms with Crippen LogP contribution < -0.4 is 9.47 Å². The lowest BCUT2D eigenvalue weighted by molar-refractivity contribution is 0.108. The monoisotopic (exact) mass is 256 g/mol. The first-order valence-electron chi connectivity index (χ1n) is 4.51. The van der Waals surface area contributed by atoms with Gasteiger partial charge in [-0.1, -0.05) is 0 Å². The Bertz CT molecular complexity index is 506. The van der Waals surface area contributed by atoms with E-state index in [9.17, 15) is 4.79 Å². The highest BCUT2D eigenvalue weighted by atomic mass is 35.5. The van der Waals surface area contributed by atoms with E-state index in [0.29, 0.717) is 16.4 Å². The molecule has 0 spiro atoms. The summed E-state index contributed by atoms with van der Waals surface area (Å²) < 4.78 is 11.3. The zero-order valence-electron chi connectivity index (χ0n) is 8.74. The number of ether oxygens (including phenoxy) is 2. The first kappa shape index (κ1) is 11.2. The van der Waals surface area contributed by atoms with Gasteiger partial charge in [0.05, 0.1) is 23.8 Å². The Hall–Kier alpha value is -1.26. The molecular weight excluding hydrogens is 248 g/mol. The van der Waals surface area contributed by atoms with E-state index in [2.05, 4.69) is 0 Å². The number of thiophene rings is 1. The molecule has 1 aromatic carbocycles. The summed E-state index contributed by atoms with van der Waals surface area (Å²) in [6, 6.07) is 5.33. The summed E-state index contributed by atoms with van der Waals surface area (Å²) in [6.45, 7) is 0. The molecule has 0 saturated heterocycles. The smallest absolute Gasteiger partial charge is 0.262 e. The second-order valence-electron chi connectivity index (χ2n) is 3.10. The third kappa shape index (κ3) is 1.74. The van der Waals surface area contributed by atoms with Gasteiger partial charge in [0, 0.05) is 5.39 Å². The molecule has 3 nitrogen and oxygen atoms in total. The molecule has 0 bridgehead atoms. The van der Waals surface area contributed by atoms with Crippen molar-refractivity contribution < 1.29 is 14.3 Å². The van der Waals surface area contributed by atoms with Crippen LogP contribution in [0.4, 0.5) is 0 Å². The molecule has 0 aliphatic heterocycles. The molecule has 0 fully saturated rings. The van der Waals surface area contributed by atoms with Crippen molar-refractivity contribution in [1.29, 1.82) is 0 Å². The first-order chi connectivity index (χ1) is 7.67. The van der Waals surface area contributed by atoms with E-state index in [0.717, 1.165) is 10.1 Å². The third-order valence-corrected chi connectivity index (χ3v) is 3.70. The van der Waals surface area contributed by atoms with Crippen molar-refractivity contribution in [3.8, 4) is 11.5 Å². The highest BCUT2D eigenvalue weighted by molar-refractivity contribution is 7.22. The van der Waals surface area contributed by atoms with E-state index < -0.39 is 5.24 Å². The second-order valence-corrected chi connectivity index (χ2v) is 4.49. The van der Waals surface area contributed by atoms with Gasteiger partial charge in [0.2, 0.25) is 0 Å². The fourth-order valence-corrected chi connectivity index (χ4v) is 2.68. The molecule has 2 rings (SSSR count). The van der Waals surface area contributed by atoms with E-state index in [1.165, 1.54) is 11.3 Å². The van der Waals surface area contributed by atoms with Crippen LogP contribution in [-0.2, 0) is 0 Å². The molecule has 1 heterocycles. The second kappa shape index (κ2) is 4.31. The maximum Gasteiger partial charge on any atom is 0.262 e. The van der Waals surface area contributed by atoms with Gasteiger partial charge < -0.3 is 9.47 Å². The van der Waals surface area contributed by atoms with Crippen LogP contribution in [0.1, 0.15) is 9.67 Å². The van der Waals surface area contributed by atoms with E-state index in [-0.39, 0.29) is 0 Å². The zero-order valence-corrected chi connectivity index (χ0v) is 10.3. The lowest BCUT2D eigenvalue weighted by Crippen LogP contribution is -1.86. The number of halogens is 1. The molecule has 0 unspecified atom stereocenters. The first-order valence-corrected chi connectivity index (χ1v) is 5.71. The fourth-order valence-electron chi connectivity index (χ4n) is 1.51. The van der Waals surface area contributed by atoms with Crippen LogP contribution >= 0.6 is 22.9 Å². The molecule has 5 heteroatoms. The summed E-state index contributed by atoms with van der Waals surface area (Å²) in [5, 5.41) is 0.376. The lowest BCUT2D eigenvalue weighted by atomic mass is 10.2. The van der Waals surface area contributed by atoms with Crippen LogP contribution in [0.2, 0.25) is 0 Å². The van der Waals surface area contributed by atoms with Crippen molar-refractivity contribution in [2.24, 2.45) is 0 Å². The summed E-state index contributed by atoms with van der Waals surface area (Å²) in [5.41, 5.74) is 0. The number of fused-ring (bicyclic) bond motifs is 1. The van der Waals surface area contributed by atoms with Crippen LogP contribution in [0.5, 0.6) is 11.5 Å². The van der Waals surface area contributed by atoms with Gasteiger partial charge in [-0.15, -0.1) is 11.3 Å². The van der Waals surface area contributed by atoms with Crippen LogP contribution in [0.25, 0.3) is 10.1 Å². The SMILES string of the molecule is COc1ccc(OC)c2sc(C(=O)Cl)cc12. The summed E-state index contributed by atoms with van der Waals surface area (Å²) in [4.78, 5) is 11.6. The van der Waals surface area contributed by atoms with Crippen molar-refractivity contribution in [2.75, 3.05) is 14.2 Å². The Labute approximate surface area is 102 Å². The third-order valence-electron chi connectivity index (χ3n) is 2.24. The maximum absolute atomic E-state index is 11.1. The molecular formula is C11H9ClO3S. The van der Waals surface area contributed by atoms with E-state index >= 15 is 0 Å². The number of carbonyl (C=O) groups is 1. The van der Waals surface area contributed by atoms with Gasteiger partial charge in [-0.05, 0) is 29.8 Å². The van der Waals surface area contributed by atoms with Crippen molar-refractivity contribution in [3.63, 3.8) is 0 Å². The topological polar surface area (TPSA) is 35.5 Å². The molecule has 16 heavy (non-hydrogen) atoms. The molecule has 0 atom stereocenters. The Kier molecular flexibility index (Phi) is 3.03. The van der Waals surface area contributed by atoms with Gasteiger partial charge in [-0.2, -0.15) is 0 Å². The number of hydrogen-bond acceptors (Lipinski definition) is 4. The lowest BCUT2D eigenvalue weighted by Gasteiger charge is -2.04. The molecule has 0 aliphatic rings. The largest absolute Gasteiger partial charge is 0.496 e. The summed E-state index contributed by atoms with van der Waals surface area (Å²) in [7, 11) is 3.17. The number of rotatable bonds is 3. The van der Waals surface area contributed by atoms with E-state index in [4.69, 9.17) is 21.1 Å². The molecule has 0 radical (unpaired) electrons. The summed E-state index contributed by atoms with van der Waals surface area (Å²) in [6.07, 6.45) is 0. The minimum absolute atomic E-state index is 0.467. The van der Waals surface area contributed by atoms with Gasteiger partial charge in [0.15, 0.2) is 0 Å². The molecule has 0 saturated carbocycles. The Morgan fingerprint density at radius 1 is 1.25 bits per heavy atom. The Balaban J connectivity index is 2.75. The van der Waals surface area contributed by atoms with Gasteiger partial charge in [0.25, 0.3) is 5.24 Å². The predicted octanol–water partition coefficient (Wildman–Crippen LogP) is 3.30.